The van der Waals surface area contributed by atoms with Gasteiger partial charge in [0.25, 0.3) is 8.53 Å². The zero-order valence-corrected chi connectivity index (χ0v) is 33.7. The number of rotatable bonds is 17. The summed E-state index contributed by atoms with van der Waals surface area (Å²) in [4.78, 5) is 5.07. The maximum Gasteiger partial charge on any atom is 0.259 e. The lowest BCUT2D eigenvalue weighted by atomic mass is 9.69. The highest BCUT2D eigenvalue weighted by molar-refractivity contribution is 7.44. The van der Waals surface area contributed by atoms with E-state index >= 15 is 0 Å². The first-order valence-electron chi connectivity index (χ1n) is 19.9. The lowest BCUT2D eigenvalue weighted by Crippen LogP contribution is -2.33. The molecule has 2 unspecified atom stereocenters. The highest BCUT2D eigenvalue weighted by atomic mass is 31.2. The van der Waals surface area contributed by atoms with Crippen LogP contribution in [0.3, 0.4) is 0 Å². The zero-order valence-electron chi connectivity index (χ0n) is 32.8. The molecule has 0 saturated heterocycles. The fourth-order valence-corrected chi connectivity index (χ4v) is 10.6. The van der Waals surface area contributed by atoms with Gasteiger partial charge >= 0.3 is 0 Å². The molecule has 2 aromatic carbocycles. The number of para-hydroxylation sites is 2. The summed E-state index contributed by atoms with van der Waals surface area (Å²) in [6.45, 7) is 19.2. The number of allylic oxidation sites excluding steroid dienone is 7. The Hall–Kier alpha value is -3.20. The van der Waals surface area contributed by atoms with Gasteiger partial charge < -0.3 is 18.8 Å². The van der Waals surface area contributed by atoms with Crippen LogP contribution < -0.4 is 9.80 Å². The van der Waals surface area contributed by atoms with Crippen LogP contribution in [0.4, 0.5) is 11.4 Å². The summed E-state index contributed by atoms with van der Waals surface area (Å²) in [5, 5.41) is 9.02. The molecule has 7 heteroatoms. The average Bonchev–Trinajstić information content (AvgIpc) is 3.63. The van der Waals surface area contributed by atoms with Crippen LogP contribution in [0.25, 0.3) is 0 Å². The summed E-state index contributed by atoms with van der Waals surface area (Å²) in [6, 6.07) is 16.7. The molecular formula is C45H61N4O2P. The molecule has 0 spiro atoms. The maximum atomic E-state index is 9.02. The predicted molar refractivity (Wildman–Crippen MR) is 219 cm³/mol. The molecule has 0 radical (unpaired) electrons. The van der Waals surface area contributed by atoms with Crippen LogP contribution in [0.15, 0.2) is 84.2 Å². The van der Waals surface area contributed by atoms with Gasteiger partial charge in [-0.05, 0) is 93.7 Å². The molecule has 2 aromatic rings. The van der Waals surface area contributed by atoms with Gasteiger partial charge in [-0.2, -0.15) is 5.26 Å². The van der Waals surface area contributed by atoms with E-state index in [-0.39, 0.29) is 10.8 Å². The van der Waals surface area contributed by atoms with Crippen molar-refractivity contribution in [2.45, 2.75) is 129 Å². The summed E-state index contributed by atoms with van der Waals surface area (Å²) in [7, 11) is -1.17. The minimum absolute atomic E-state index is 0.00836. The van der Waals surface area contributed by atoms with E-state index in [1.165, 1.54) is 64.2 Å². The second kappa shape index (κ2) is 16.9. The number of anilines is 2. The fraction of sp³-hybridized carbons (Fsp3) is 0.533. The van der Waals surface area contributed by atoms with Crippen molar-refractivity contribution in [3.8, 4) is 6.07 Å². The first-order valence-corrected chi connectivity index (χ1v) is 21.0. The van der Waals surface area contributed by atoms with E-state index < -0.39 is 8.53 Å². The van der Waals surface area contributed by atoms with Gasteiger partial charge in [-0.3, -0.25) is 0 Å². The van der Waals surface area contributed by atoms with Crippen LogP contribution in [0.1, 0.15) is 116 Å². The number of nitrogens with zero attached hydrogens (tertiary/aromatic N) is 4. The summed E-state index contributed by atoms with van der Waals surface area (Å²) < 4.78 is 14.7. The number of benzene rings is 2. The van der Waals surface area contributed by atoms with Gasteiger partial charge in [0.2, 0.25) is 0 Å². The monoisotopic (exact) mass is 720 g/mol. The second-order valence-corrected chi connectivity index (χ2v) is 17.7. The molecule has 0 aromatic heterocycles. The number of aryl methyl sites for hydroxylation is 1. The molecule has 4 heterocycles. The largest absolute Gasteiger partial charge is 0.347 e. The standard InChI is InChI=1S/C45H61N4O2P/c1-34(2)49(35(3)4)52(51-32-18-28-46)50-31-14-9-8-13-27-45(7)38(33-47-30-26-37-20-16-24-40(45)42(37)47)22-11-10-12-25-41-44(5,6)39-23-15-19-36-21-17-29-48(41)43(36)39/h10-12,15-16,19-20,22-25,33-35H,8-9,13-14,17-18,21,26-27,29-32H2,1-7H3/b12-10+,22-11+,41-25+. The molecule has 0 saturated carbocycles. The van der Waals surface area contributed by atoms with Crippen LogP contribution in [-0.2, 0) is 32.7 Å². The van der Waals surface area contributed by atoms with Crippen molar-refractivity contribution < 1.29 is 9.05 Å². The lowest BCUT2D eigenvalue weighted by molar-refractivity contribution is 0.174. The molecule has 0 bridgehead atoms. The second-order valence-electron chi connectivity index (χ2n) is 16.2. The average molecular weight is 721 g/mol. The minimum Gasteiger partial charge on any atom is -0.347 e. The van der Waals surface area contributed by atoms with E-state index in [2.05, 4.69) is 142 Å². The van der Waals surface area contributed by atoms with Gasteiger partial charge in [-0.15, -0.1) is 0 Å². The Morgan fingerprint density at radius 2 is 1.56 bits per heavy atom. The Morgan fingerprint density at radius 3 is 2.31 bits per heavy atom. The predicted octanol–water partition coefficient (Wildman–Crippen LogP) is 11.2. The molecular weight excluding hydrogens is 659 g/mol. The summed E-state index contributed by atoms with van der Waals surface area (Å²) in [5.74, 6) is 0. The Kier molecular flexibility index (Phi) is 12.5. The SMILES string of the molecule is CC(C)N(C(C)C)P(OCCC#N)OCCCCCCC1(C)C(/C=C/C=C/C=C2/N3CCCc4cccc(c43)C2(C)C)=CN2CCc3cccc1c32. The highest BCUT2D eigenvalue weighted by Gasteiger charge is 2.42. The first kappa shape index (κ1) is 38.5. The van der Waals surface area contributed by atoms with E-state index in [9.17, 15) is 0 Å². The molecule has 0 N–H and O–H groups in total. The summed E-state index contributed by atoms with van der Waals surface area (Å²) in [5.41, 5.74) is 11.6. The minimum atomic E-state index is -1.17. The van der Waals surface area contributed by atoms with Crippen molar-refractivity contribution in [2.75, 3.05) is 36.1 Å². The highest BCUT2D eigenvalue weighted by Crippen LogP contribution is 2.52. The van der Waals surface area contributed by atoms with Crippen molar-refractivity contribution in [2.24, 2.45) is 0 Å². The molecule has 4 aliphatic heterocycles. The number of hydrogen-bond donors (Lipinski definition) is 0. The maximum absolute atomic E-state index is 9.02. The number of unbranched alkanes of at least 4 members (excludes halogenated alkanes) is 3. The van der Waals surface area contributed by atoms with Crippen molar-refractivity contribution in [3.63, 3.8) is 0 Å². The Morgan fingerprint density at radius 1 is 0.846 bits per heavy atom. The molecule has 0 amide bonds. The quantitative estimate of drug-likeness (QED) is 0.0921. The third kappa shape index (κ3) is 7.85. The fourth-order valence-electron chi connectivity index (χ4n) is 8.96. The third-order valence-corrected chi connectivity index (χ3v) is 13.7. The molecule has 278 valence electrons. The molecule has 52 heavy (non-hydrogen) atoms. The van der Waals surface area contributed by atoms with Gasteiger partial charge in [0.15, 0.2) is 0 Å². The van der Waals surface area contributed by atoms with Crippen LogP contribution in [-0.4, -0.2) is 43.1 Å². The summed E-state index contributed by atoms with van der Waals surface area (Å²) in [6.07, 6.45) is 23.4. The smallest absolute Gasteiger partial charge is 0.259 e. The molecule has 4 aliphatic rings. The van der Waals surface area contributed by atoms with Gasteiger partial charge in [-0.1, -0.05) is 101 Å². The third-order valence-electron chi connectivity index (χ3n) is 11.6. The van der Waals surface area contributed by atoms with Gasteiger partial charge in [-0.25, -0.2) is 4.67 Å². The molecule has 6 nitrogen and oxygen atoms in total. The molecule has 0 fully saturated rings. The van der Waals surface area contributed by atoms with Crippen molar-refractivity contribution >= 4 is 19.9 Å². The molecule has 0 aliphatic carbocycles. The van der Waals surface area contributed by atoms with E-state index in [0.717, 1.165) is 45.2 Å². The van der Waals surface area contributed by atoms with Gasteiger partial charge in [0, 0.05) is 59.3 Å². The Balaban J connectivity index is 1.09. The Bertz CT molecular complexity index is 1720. The van der Waals surface area contributed by atoms with Crippen LogP contribution >= 0.6 is 8.53 Å². The van der Waals surface area contributed by atoms with E-state index in [1.54, 1.807) is 0 Å². The lowest BCUT2D eigenvalue weighted by Gasteiger charge is -2.40. The number of nitriles is 1. The first-order chi connectivity index (χ1) is 25.1. The van der Waals surface area contributed by atoms with Crippen LogP contribution in [0, 0.1) is 11.3 Å². The number of hydrogen-bond acceptors (Lipinski definition) is 6. The van der Waals surface area contributed by atoms with Crippen molar-refractivity contribution in [1.82, 2.24) is 4.67 Å². The van der Waals surface area contributed by atoms with E-state index in [0.29, 0.717) is 31.7 Å². The van der Waals surface area contributed by atoms with E-state index in [4.69, 9.17) is 14.3 Å². The van der Waals surface area contributed by atoms with Crippen molar-refractivity contribution in [3.05, 3.63) is 107 Å². The van der Waals surface area contributed by atoms with Gasteiger partial charge in [0.05, 0.1) is 25.7 Å². The normalized spacial score (nSPS) is 21.6. The van der Waals surface area contributed by atoms with Crippen molar-refractivity contribution in [1.29, 1.82) is 5.26 Å². The Labute approximate surface area is 315 Å². The zero-order chi connectivity index (χ0) is 36.9. The van der Waals surface area contributed by atoms with E-state index in [1.807, 2.05) is 0 Å². The molecule has 6 rings (SSSR count). The van der Waals surface area contributed by atoms with Crippen LogP contribution in [0.5, 0.6) is 0 Å². The molecule has 2 atom stereocenters. The van der Waals surface area contributed by atoms with Gasteiger partial charge in [0.1, 0.15) is 0 Å². The van der Waals surface area contributed by atoms with Crippen LogP contribution in [0.2, 0.25) is 0 Å². The summed E-state index contributed by atoms with van der Waals surface area (Å²) >= 11 is 0. The topological polar surface area (TPSA) is 52.0 Å².